The van der Waals surface area contributed by atoms with Gasteiger partial charge in [-0.1, -0.05) is 25.5 Å². The van der Waals surface area contributed by atoms with Crippen molar-refractivity contribution in [1.29, 1.82) is 0 Å². The van der Waals surface area contributed by atoms with Gasteiger partial charge in [0.1, 0.15) is 5.75 Å². The van der Waals surface area contributed by atoms with Crippen molar-refractivity contribution in [3.63, 3.8) is 0 Å². The van der Waals surface area contributed by atoms with Gasteiger partial charge in [-0.2, -0.15) is 0 Å². The Morgan fingerprint density at radius 2 is 2.00 bits per heavy atom. The monoisotopic (exact) mass is 293 g/mol. The van der Waals surface area contributed by atoms with Gasteiger partial charge in [0.15, 0.2) is 0 Å². The maximum atomic E-state index is 12.2. The van der Waals surface area contributed by atoms with Crippen LogP contribution in [-0.2, 0) is 9.59 Å². The molecular formula is C15H23N3O3. The topological polar surface area (TPSA) is 107 Å². The summed E-state index contributed by atoms with van der Waals surface area (Å²) in [7, 11) is 0. The van der Waals surface area contributed by atoms with Gasteiger partial charge in [-0.05, 0) is 25.5 Å². The number of rotatable bonds is 8. The summed E-state index contributed by atoms with van der Waals surface area (Å²) in [6.45, 7) is 3.83. The summed E-state index contributed by atoms with van der Waals surface area (Å²) >= 11 is 0. The highest BCUT2D eigenvalue weighted by molar-refractivity contribution is 5.98. The quantitative estimate of drug-likeness (QED) is 0.673. The van der Waals surface area contributed by atoms with E-state index in [1.54, 1.807) is 31.2 Å². The first kappa shape index (κ1) is 17.0. The first-order valence-electron chi connectivity index (χ1n) is 6.97. The number of amides is 2. The summed E-state index contributed by atoms with van der Waals surface area (Å²) in [6, 6.07) is 7.00. The molecule has 1 atom stereocenters. The Labute approximate surface area is 124 Å². The highest BCUT2D eigenvalue weighted by Gasteiger charge is 2.27. The first-order valence-corrected chi connectivity index (χ1v) is 6.97. The fourth-order valence-corrected chi connectivity index (χ4v) is 1.86. The van der Waals surface area contributed by atoms with Crippen molar-refractivity contribution in [3.05, 3.63) is 24.3 Å². The minimum absolute atomic E-state index is 0.118. The molecule has 1 aromatic rings. The molecule has 0 heterocycles. The minimum atomic E-state index is -0.935. The average Bonchev–Trinajstić information content (AvgIpc) is 2.40. The molecule has 5 N–H and O–H groups in total. The standard InChI is InChI=1S/C15H23N3O3/c1-3-9-15(2,17)14(20)18-11-6-4-5-7-12(11)21-10-8-13(16)19/h4-7H,3,8-10,17H2,1-2H3,(H2,16,19)(H,18,20). The van der Waals surface area contributed by atoms with Crippen molar-refractivity contribution in [2.45, 2.75) is 38.6 Å². The predicted octanol–water partition coefficient (Wildman–Crippen LogP) is 1.40. The molecule has 0 radical (unpaired) electrons. The van der Waals surface area contributed by atoms with Crippen LogP contribution in [0.2, 0.25) is 0 Å². The molecule has 6 nitrogen and oxygen atoms in total. The fraction of sp³-hybridized carbons (Fsp3) is 0.467. The maximum absolute atomic E-state index is 12.2. The van der Waals surface area contributed by atoms with E-state index in [-0.39, 0.29) is 18.9 Å². The first-order chi connectivity index (χ1) is 9.86. The third-order valence-corrected chi connectivity index (χ3v) is 3.03. The van der Waals surface area contributed by atoms with Crippen LogP contribution in [0.5, 0.6) is 5.75 Å². The third-order valence-electron chi connectivity index (χ3n) is 3.03. The summed E-state index contributed by atoms with van der Waals surface area (Å²) in [4.78, 5) is 22.9. The van der Waals surface area contributed by atoms with Gasteiger partial charge in [-0.25, -0.2) is 0 Å². The van der Waals surface area contributed by atoms with Crippen LogP contribution in [0.1, 0.15) is 33.1 Å². The van der Waals surface area contributed by atoms with Crippen LogP contribution in [0.25, 0.3) is 0 Å². The number of nitrogens with one attached hydrogen (secondary N) is 1. The van der Waals surface area contributed by atoms with Crippen LogP contribution in [-0.4, -0.2) is 24.0 Å². The van der Waals surface area contributed by atoms with Gasteiger partial charge in [0, 0.05) is 0 Å². The normalized spacial score (nSPS) is 13.3. The lowest BCUT2D eigenvalue weighted by Gasteiger charge is -2.23. The zero-order valence-electron chi connectivity index (χ0n) is 12.5. The molecule has 2 amide bonds. The summed E-state index contributed by atoms with van der Waals surface area (Å²) in [5.41, 5.74) is 10.6. The van der Waals surface area contributed by atoms with Crippen molar-refractivity contribution in [1.82, 2.24) is 0 Å². The highest BCUT2D eigenvalue weighted by Crippen LogP contribution is 2.25. The van der Waals surface area contributed by atoms with Crippen molar-refractivity contribution in [2.24, 2.45) is 11.5 Å². The van der Waals surface area contributed by atoms with E-state index in [0.29, 0.717) is 17.9 Å². The smallest absolute Gasteiger partial charge is 0.244 e. The molecule has 0 aliphatic heterocycles. The lowest BCUT2D eigenvalue weighted by molar-refractivity contribution is -0.121. The Morgan fingerprint density at radius 3 is 2.62 bits per heavy atom. The summed E-state index contributed by atoms with van der Waals surface area (Å²) < 4.78 is 5.47. The largest absolute Gasteiger partial charge is 0.491 e. The van der Waals surface area contributed by atoms with Crippen molar-refractivity contribution < 1.29 is 14.3 Å². The Hall–Kier alpha value is -2.08. The molecule has 0 aliphatic rings. The van der Waals surface area contributed by atoms with Crippen LogP contribution < -0.4 is 21.5 Å². The minimum Gasteiger partial charge on any atom is -0.491 e. The van der Waals surface area contributed by atoms with Gasteiger partial charge >= 0.3 is 0 Å². The van der Waals surface area contributed by atoms with E-state index in [4.69, 9.17) is 16.2 Å². The SMILES string of the molecule is CCCC(C)(N)C(=O)Nc1ccccc1OCCC(N)=O. The van der Waals surface area contributed by atoms with Crippen molar-refractivity contribution in [3.8, 4) is 5.75 Å². The number of hydrogen-bond acceptors (Lipinski definition) is 4. The third kappa shape index (κ3) is 5.43. The van der Waals surface area contributed by atoms with E-state index in [1.165, 1.54) is 0 Å². The second kappa shape index (κ2) is 7.64. The molecule has 0 fully saturated rings. The van der Waals surface area contributed by atoms with Crippen LogP contribution in [0.15, 0.2) is 24.3 Å². The molecule has 0 aromatic heterocycles. The van der Waals surface area contributed by atoms with Crippen LogP contribution >= 0.6 is 0 Å². The van der Waals surface area contributed by atoms with E-state index in [2.05, 4.69) is 5.32 Å². The second-order valence-corrected chi connectivity index (χ2v) is 5.18. The van der Waals surface area contributed by atoms with Gasteiger partial charge in [0.25, 0.3) is 0 Å². The maximum Gasteiger partial charge on any atom is 0.244 e. The van der Waals surface area contributed by atoms with Crippen LogP contribution in [0.4, 0.5) is 5.69 Å². The van der Waals surface area contributed by atoms with Gasteiger partial charge < -0.3 is 21.5 Å². The molecule has 0 saturated heterocycles. The van der Waals surface area contributed by atoms with Gasteiger partial charge in [0.2, 0.25) is 11.8 Å². The molecule has 0 aliphatic carbocycles. The average molecular weight is 293 g/mol. The van der Waals surface area contributed by atoms with Gasteiger partial charge in [-0.3, -0.25) is 9.59 Å². The highest BCUT2D eigenvalue weighted by atomic mass is 16.5. The molecule has 1 aromatic carbocycles. The second-order valence-electron chi connectivity index (χ2n) is 5.18. The number of nitrogens with two attached hydrogens (primary N) is 2. The molecule has 116 valence electrons. The summed E-state index contributed by atoms with van der Waals surface area (Å²) in [5.74, 6) is -0.219. The lowest BCUT2D eigenvalue weighted by atomic mass is 9.96. The Balaban J connectivity index is 2.74. The number of anilines is 1. The molecule has 0 spiro atoms. The van der Waals surface area contributed by atoms with E-state index < -0.39 is 11.4 Å². The van der Waals surface area contributed by atoms with Crippen molar-refractivity contribution in [2.75, 3.05) is 11.9 Å². The molecule has 21 heavy (non-hydrogen) atoms. The molecule has 0 bridgehead atoms. The Morgan fingerprint density at radius 1 is 1.33 bits per heavy atom. The zero-order valence-corrected chi connectivity index (χ0v) is 12.5. The Bertz CT molecular complexity index is 501. The molecule has 0 saturated carbocycles. The zero-order chi connectivity index (χ0) is 15.9. The number of para-hydroxylation sites is 2. The fourth-order valence-electron chi connectivity index (χ4n) is 1.86. The van der Waals surface area contributed by atoms with Gasteiger partial charge in [0.05, 0.1) is 24.3 Å². The summed E-state index contributed by atoms with van der Waals surface area (Å²) in [5, 5.41) is 2.77. The number of ether oxygens (including phenoxy) is 1. The predicted molar refractivity (Wildman–Crippen MR) is 81.9 cm³/mol. The van der Waals surface area contributed by atoms with E-state index in [9.17, 15) is 9.59 Å². The Kier molecular flexibility index (Phi) is 6.17. The van der Waals surface area contributed by atoms with Crippen LogP contribution in [0, 0.1) is 0 Å². The van der Waals surface area contributed by atoms with E-state index >= 15 is 0 Å². The number of carbonyl (C=O) groups is 2. The number of hydrogen-bond donors (Lipinski definition) is 3. The van der Waals surface area contributed by atoms with Crippen LogP contribution in [0.3, 0.4) is 0 Å². The molecular weight excluding hydrogens is 270 g/mol. The molecule has 6 heteroatoms. The molecule has 1 rings (SSSR count). The number of benzene rings is 1. The van der Waals surface area contributed by atoms with E-state index in [1.807, 2.05) is 6.92 Å². The lowest BCUT2D eigenvalue weighted by Crippen LogP contribution is -2.48. The number of carbonyl (C=O) groups excluding carboxylic acids is 2. The molecule has 1 unspecified atom stereocenters. The van der Waals surface area contributed by atoms with E-state index in [0.717, 1.165) is 6.42 Å². The number of primary amides is 1. The van der Waals surface area contributed by atoms with Gasteiger partial charge in [-0.15, -0.1) is 0 Å². The van der Waals surface area contributed by atoms with Crippen molar-refractivity contribution >= 4 is 17.5 Å². The summed E-state index contributed by atoms with van der Waals surface area (Å²) in [6.07, 6.45) is 1.52.